The van der Waals surface area contributed by atoms with E-state index in [2.05, 4.69) is 21.3 Å². The Morgan fingerprint density at radius 2 is 1.83 bits per heavy atom. The van der Waals surface area contributed by atoms with Crippen molar-refractivity contribution in [3.63, 3.8) is 0 Å². The van der Waals surface area contributed by atoms with Gasteiger partial charge in [-0.2, -0.15) is 0 Å². The lowest BCUT2D eigenvalue weighted by atomic mass is 10.1. The number of anilines is 2. The first-order chi connectivity index (χ1) is 11.5. The van der Waals surface area contributed by atoms with Crippen LogP contribution < -0.4 is 21.3 Å². The number of hydrogen-bond acceptors (Lipinski definition) is 4. The van der Waals surface area contributed by atoms with E-state index in [1.807, 2.05) is 26.0 Å². The van der Waals surface area contributed by atoms with Gasteiger partial charge in [-0.25, -0.2) is 4.79 Å². The Hall–Kier alpha value is -2.57. The first-order valence-electron chi connectivity index (χ1n) is 8.23. The molecule has 0 saturated heterocycles. The highest BCUT2D eigenvalue weighted by atomic mass is 16.2. The summed E-state index contributed by atoms with van der Waals surface area (Å²) in [6, 6.07) is 5.19. The summed E-state index contributed by atoms with van der Waals surface area (Å²) in [7, 11) is 0. The highest BCUT2D eigenvalue weighted by Crippen LogP contribution is 2.23. The van der Waals surface area contributed by atoms with Gasteiger partial charge < -0.3 is 16.0 Å². The topological polar surface area (TPSA) is 99.3 Å². The molecule has 0 radical (unpaired) electrons. The third kappa shape index (κ3) is 5.57. The van der Waals surface area contributed by atoms with E-state index >= 15 is 0 Å². The van der Waals surface area contributed by atoms with Crippen molar-refractivity contribution in [2.24, 2.45) is 0 Å². The highest BCUT2D eigenvalue weighted by molar-refractivity contribution is 5.97. The summed E-state index contributed by atoms with van der Waals surface area (Å²) in [5.74, 6) is -0.444. The molecule has 1 saturated carbocycles. The van der Waals surface area contributed by atoms with Crippen LogP contribution in [0.1, 0.15) is 38.2 Å². The Labute approximate surface area is 141 Å². The molecule has 0 aliphatic heterocycles. The van der Waals surface area contributed by atoms with Crippen LogP contribution in [0.5, 0.6) is 0 Å². The van der Waals surface area contributed by atoms with Crippen LogP contribution in [0.4, 0.5) is 16.2 Å². The summed E-state index contributed by atoms with van der Waals surface area (Å²) in [5.41, 5.74) is 2.30. The second kappa shape index (κ2) is 8.33. The summed E-state index contributed by atoms with van der Waals surface area (Å²) in [4.78, 5) is 35.0. The number of hydrogen-bond donors (Lipinski definition) is 4. The molecule has 1 aromatic rings. The lowest BCUT2D eigenvalue weighted by molar-refractivity contribution is -0.118. The first kappa shape index (κ1) is 17.8. The fourth-order valence-corrected chi connectivity index (χ4v) is 2.20. The van der Waals surface area contributed by atoms with Crippen LogP contribution in [0, 0.1) is 6.92 Å². The molecule has 130 valence electrons. The van der Waals surface area contributed by atoms with Crippen molar-refractivity contribution in [2.45, 2.75) is 45.6 Å². The zero-order valence-electron chi connectivity index (χ0n) is 14.1. The molecule has 0 bridgehead atoms. The molecule has 0 spiro atoms. The summed E-state index contributed by atoms with van der Waals surface area (Å²) in [5, 5.41) is 10.8. The van der Waals surface area contributed by atoms with Gasteiger partial charge in [0.15, 0.2) is 0 Å². The van der Waals surface area contributed by atoms with Gasteiger partial charge in [-0.3, -0.25) is 14.9 Å². The van der Waals surface area contributed by atoms with Gasteiger partial charge in [-0.05, 0) is 43.9 Å². The molecule has 4 N–H and O–H groups in total. The molecular weight excluding hydrogens is 308 g/mol. The third-order valence-electron chi connectivity index (χ3n) is 3.69. The summed E-state index contributed by atoms with van der Waals surface area (Å²) >= 11 is 0. The van der Waals surface area contributed by atoms with Crippen LogP contribution in [-0.2, 0) is 9.59 Å². The molecule has 0 heterocycles. The molecule has 1 aliphatic rings. The van der Waals surface area contributed by atoms with E-state index < -0.39 is 11.9 Å². The van der Waals surface area contributed by atoms with Crippen molar-refractivity contribution in [2.75, 3.05) is 17.2 Å². The van der Waals surface area contributed by atoms with Crippen LogP contribution in [0.15, 0.2) is 18.2 Å². The molecule has 4 amide bonds. The van der Waals surface area contributed by atoms with Crippen molar-refractivity contribution in [3.8, 4) is 0 Å². The molecule has 7 heteroatoms. The minimum atomic E-state index is -0.457. The van der Waals surface area contributed by atoms with E-state index in [0.29, 0.717) is 12.1 Å². The highest BCUT2D eigenvalue weighted by Gasteiger charge is 2.23. The van der Waals surface area contributed by atoms with Crippen LogP contribution in [0.2, 0.25) is 0 Å². The Morgan fingerprint density at radius 1 is 1.12 bits per heavy atom. The van der Waals surface area contributed by atoms with Gasteiger partial charge in [0.25, 0.3) is 0 Å². The van der Waals surface area contributed by atoms with Gasteiger partial charge in [-0.1, -0.05) is 13.0 Å². The lowest BCUT2D eigenvalue weighted by Gasteiger charge is -2.14. The van der Waals surface area contributed by atoms with Gasteiger partial charge in [0.05, 0.1) is 6.54 Å². The van der Waals surface area contributed by atoms with Gasteiger partial charge in [-0.15, -0.1) is 0 Å². The van der Waals surface area contributed by atoms with Crippen LogP contribution in [0.3, 0.4) is 0 Å². The predicted molar refractivity (Wildman–Crippen MR) is 92.9 cm³/mol. The number of carbonyl (C=O) groups is 3. The molecule has 0 atom stereocenters. The van der Waals surface area contributed by atoms with E-state index in [1.165, 1.54) is 0 Å². The minimum Gasteiger partial charge on any atom is -0.376 e. The number of rotatable bonds is 7. The quantitative estimate of drug-likeness (QED) is 0.614. The van der Waals surface area contributed by atoms with Crippen LogP contribution in [-0.4, -0.2) is 30.4 Å². The SMILES string of the molecule is CCCC(=O)Nc1cccc(NCC(=O)NC(=O)NC2CC2)c1C. The average molecular weight is 332 g/mol. The molecule has 0 aromatic heterocycles. The Kier molecular flexibility index (Phi) is 6.17. The number of urea groups is 1. The molecule has 0 unspecified atom stereocenters. The lowest BCUT2D eigenvalue weighted by Crippen LogP contribution is -2.42. The second-order valence-corrected chi connectivity index (χ2v) is 5.93. The van der Waals surface area contributed by atoms with Gasteiger partial charge in [0.1, 0.15) is 0 Å². The smallest absolute Gasteiger partial charge is 0.321 e. The molecule has 7 nitrogen and oxygen atoms in total. The van der Waals surface area contributed by atoms with E-state index in [0.717, 1.165) is 30.5 Å². The maximum atomic E-state index is 11.8. The second-order valence-electron chi connectivity index (χ2n) is 5.93. The van der Waals surface area contributed by atoms with E-state index in [9.17, 15) is 14.4 Å². The zero-order valence-corrected chi connectivity index (χ0v) is 14.1. The maximum Gasteiger partial charge on any atom is 0.321 e. The van der Waals surface area contributed by atoms with Gasteiger partial charge in [0.2, 0.25) is 11.8 Å². The molecule has 1 aromatic carbocycles. The monoisotopic (exact) mass is 332 g/mol. The van der Waals surface area contributed by atoms with E-state index in [4.69, 9.17) is 0 Å². The van der Waals surface area contributed by atoms with E-state index in [-0.39, 0.29) is 18.5 Å². The zero-order chi connectivity index (χ0) is 17.5. The average Bonchev–Trinajstić information content (AvgIpc) is 3.32. The number of amides is 4. The fourth-order valence-electron chi connectivity index (χ4n) is 2.20. The Morgan fingerprint density at radius 3 is 2.50 bits per heavy atom. The normalized spacial score (nSPS) is 13.1. The first-order valence-corrected chi connectivity index (χ1v) is 8.23. The number of benzene rings is 1. The summed E-state index contributed by atoms with van der Waals surface area (Å²) < 4.78 is 0. The molecule has 24 heavy (non-hydrogen) atoms. The van der Waals surface area contributed by atoms with Gasteiger partial charge in [0, 0.05) is 23.8 Å². The maximum absolute atomic E-state index is 11.8. The van der Waals surface area contributed by atoms with Crippen LogP contribution in [0.25, 0.3) is 0 Å². The minimum absolute atomic E-state index is 0.0225. The van der Waals surface area contributed by atoms with E-state index in [1.54, 1.807) is 6.07 Å². The molecule has 1 aliphatic carbocycles. The standard InChI is InChI=1S/C17H24N4O3/c1-3-5-15(22)20-14-7-4-6-13(11(14)2)18-10-16(23)21-17(24)19-12-8-9-12/h4,6-7,12,18H,3,5,8-10H2,1-2H3,(H,20,22)(H2,19,21,23,24). The van der Waals surface area contributed by atoms with Crippen molar-refractivity contribution in [3.05, 3.63) is 23.8 Å². The number of imide groups is 1. The van der Waals surface area contributed by atoms with Crippen LogP contribution >= 0.6 is 0 Å². The van der Waals surface area contributed by atoms with Crippen molar-refractivity contribution in [1.82, 2.24) is 10.6 Å². The molecule has 1 fully saturated rings. The van der Waals surface area contributed by atoms with Gasteiger partial charge >= 0.3 is 6.03 Å². The number of nitrogens with one attached hydrogen (secondary N) is 4. The Bertz CT molecular complexity index is 626. The van der Waals surface area contributed by atoms with Crippen molar-refractivity contribution < 1.29 is 14.4 Å². The number of carbonyl (C=O) groups excluding carboxylic acids is 3. The van der Waals surface area contributed by atoms with Crippen molar-refractivity contribution >= 4 is 29.2 Å². The third-order valence-corrected chi connectivity index (χ3v) is 3.69. The summed E-state index contributed by atoms with van der Waals surface area (Å²) in [6.07, 6.45) is 3.19. The van der Waals surface area contributed by atoms with Crippen molar-refractivity contribution in [1.29, 1.82) is 0 Å². The molecular formula is C17H24N4O3. The predicted octanol–water partition coefficient (Wildman–Crippen LogP) is 2.13. The largest absolute Gasteiger partial charge is 0.376 e. The fraction of sp³-hybridized carbons (Fsp3) is 0.471. The Balaban J connectivity index is 1.86. The molecule has 2 rings (SSSR count). The summed E-state index contributed by atoms with van der Waals surface area (Å²) in [6.45, 7) is 3.79.